The molecular weight excluding hydrogens is 347 g/mol. The van der Waals surface area contributed by atoms with E-state index in [9.17, 15) is 9.18 Å². The number of nitrogens with one attached hydrogen (secondary N) is 1. The summed E-state index contributed by atoms with van der Waals surface area (Å²) < 4.78 is 55.9. The van der Waals surface area contributed by atoms with Gasteiger partial charge in [0, 0.05) is 18.8 Å². The number of rotatable bonds is 2. The minimum absolute atomic E-state index is 0.117. The summed E-state index contributed by atoms with van der Waals surface area (Å²) in [6, 6.07) is 4.28. The first-order valence-electron chi connectivity index (χ1n) is 8.79. The monoisotopic (exact) mass is 371 g/mol. The molecule has 2 aliphatic rings. The van der Waals surface area contributed by atoms with Crippen LogP contribution in [0.15, 0.2) is 18.2 Å². The van der Waals surface area contributed by atoms with E-state index in [1.165, 1.54) is 26.0 Å². The molecule has 0 bridgehead atoms. The summed E-state index contributed by atoms with van der Waals surface area (Å²) in [5.41, 5.74) is -3.62. The highest BCUT2D eigenvalue weighted by Gasteiger charge is 2.64. The zero-order valence-corrected chi connectivity index (χ0v) is 15.2. The van der Waals surface area contributed by atoms with Crippen LogP contribution in [0.4, 0.5) is 13.2 Å². The van der Waals surface area contributed by atoms with Gasteiger partial charge in [-0.1, -0.05) is 12.1 Å². The van der Waals surface area contributed by atoms with Crippen LogP contribution in [0.1, 0.15) is 50.7 Å². The summed E-state index contributed by atoms with van der Waals surface area (Å²) in [4.78, 5) is 12.0. The lowest BCUT2D eigenvalue weighted by Crippen LogP contribution is -2.62. The van der Waals surface area contributed by atoms with Crippen LogP contribution in [0.2, 0.25) is 0 Å². The smallest absolute Gasteiger partial charge is 0.302 e. The lowest BCUT2D eigenvalue weighted by atomic mass is 9.76. The van der Waals surface area contributed by atoms with Gasteiger partial charge in [-0.05, 0) is 51.2 Å². The number of amides is 1. The van der Waals surface area contributed by atoms with Crippen LogP contribution in [-0.4, -0.2) is 37.3 Å². The summed E-state index contributed by atoms with van der Waals surface area (Å²) in [5.74, 6) is -4.90. The van der Waals surface area contributed by atoms with E-state index in [2.05, 4.69) is 5.32 Å². The topological polar surface area (TPSA) is 47.6 Å². The molecule has 1 aromatic carbocycles. The molecule has 3 rings (SSSR count). The SMILES string of the molecule is CC1(C)OCC(=O)N[C@](C)(c2cc(C3CCOCC3)ccc2F)C1(F)F. The number of benzene rings is 1. The molecule has 26 heavy (non-hydrogen) atoms. The molecule has 1 aromatic rings. The second-order valence-electron chi connectivity index (χ2n) is 7.67. The van der Waals surface area contributed by atoms with Crippen molar-refractivity contribution in [3.63, 3.8) is 0 Å². The van der Waals surface area contributed by atoms with Gasteiger partial charge >= 0.3 is 5.92 Å². The van der Waals surface area contributed by atoms with Crippen molar-refractivity contribution in [2.75, 3.05) is 19.8 Å². The van der Waals surface area contributed by atoms with Gasteiger partial charge in [0.25, 0.3) is 0 Å². The largest absolute Gasteiger partial charge is 0.381 e. The van der Waals surface area contributed by atoms with Crippen LogP contribution in [-0.2, 0) is 19.8 Å². The van der Waals surface area contributed by atoms with E-state index in [0.29, 0.717) is 13.2 Å². The highest BCUT2D eigenvalue weighted by molar-refractivity contribution is 5.79. The van der Waals surface area contributed by atoms with Crippen LogP contribution in [0, 0.1) is 5.82 Å². The highest BCUT2D eigenvalue weighted by atomic mass is 19.3. The third kappa shape index (κ3) is 3.01. The fraction of sp³-hybridized carbons (Fsp3) is 0.632. The zero-order chi connectivity index (χ0) is 19.2. The quantitative estimate of drug-likeness (QED) is 0.866. The molecule has 7 heteroatoms. The molecule has 1 atom stereocenters. The molecule has 0 aromatic heterocycles. The molecule has 0 aliphatic carbocycles. The number of carbonyl (C=O) groups excluding carboxylic acids is 1. The molecule has 0 radical (unpaired) electrons. The van der Waals surface area contributed by atoms with Gasteiger partial charge in [-0.25, -0.2) is 13.2 Å². The summed E-state index contributed by atoms with van der Waals surface area (Å²) in [6.07, 6.45) is 1.50. The number of halogens is 3. The van der Waals surface area contributed by atoms with Crippen molar-refractivity contribution in [2.24, 2.45) is 0 Å². The fourth-order valence-corrected chi connectivity index (χ4v) is 3.78. The summed E-state index contributed by atoms with van der Waals surface area (Å²) in [7, 11) is 0. The van der Waals surface area contributed by atoms with Crippen molar-refractivity contribution in [3.05, 3.63) is 35.1 Å². The Morgan fingerprint density at radius 3 is 2.46 bits per heavy atom. The van der Waals surface area contributed by atoms with Crippen LogP contribution in [0.5, 0.6) is 0 Å². The van der Waals surface area contributed by atoms with Crippen molar-refractivity contribution in [3.8, 4) is 0 Å². The van der Waals surface area contributed by atoms with Gasteiger partial charge in [0.15, 0.2) is 0 Å². The minimum Gasteiger partial charge on any atom is -0.381 e. The van der Waals surface area contributed by atoms with Gasteiger partial charge in [-0.3, -0.25) is 4.79 Å². The van der Waals surface area contributed by atoms with E-state index in [-0.39, 0.29) is 11.5 Å². The van der Waals surface area contributed by atoms with Crippen molar-refractivity contribution < 1.29 is 27.4 Å². The first kappa shape index (κ1) is 19.2. The zero-order valence-electron chi connectivity index (χ0n) is 15.2. The van der Waals surface area contributed by atoms with Crippen molar-refractivity contribution in [2.45, 2.75) is 56.6 Å². The third-order valence-corrected chi connectivity index (χ3v) is 5.56. The first-order chi connectivity index (χ1) is 12.1. The van der Waals surface area contributed by atoms with E-state index >= 15 is 8.78 Å². The standard InChI is InChI=1S/C19H24F3NO3/c1-17(2)19(21,22)18(3,23-16(24)11-26-17)14-10-13(4-5-15(14)20)12-6-8-25-9-7-12/h4-5,10,12H,6-9,11H2,1-3H3,(H,23,24)/t18-/m1/s1. The maximum atomic E-state index is 15.4. The summed E-state index contributed by atoms with van der Waals surface area (Å²) >= 11 is 0. The van der Waals surface area contributed by atoms with Gasteiger partial charge in [-0.15, -0.1) is 0 Å². The molecule has 0 spiro atoms. The summed E-state index contributed by atoms with van der Waals surface area (Å²) in [5, 5.41) is 2.31. The number of hydrogen-bond donors (Lipinski definition) is 1. The number of alkyl halides is 2. The predicted octanol–water partition coefficient (Wildman–Crippen LogP) is 3.50. The predicted molar refractivity (Wildman–Crippen MR) is 89.7 cm³/mol. The maximum Gasteiger partial charge on any atom is 0.302 e. The van der Waals surface area contributed by atoms with E-state index in [1.807, 2.05) is 0 Å². The van der Waals surface area contributed by atoms with Gasteiger partial charge in [0.2, 0.25) is 5.91 Å². The molecule has 2 heterocycles. The van der Waals surface area contributed by atoms with Crippen molar-refractivity contribution >= 4 is 5.91 Å². The Morgan fingerprint density at radius 1 is 1.15 bits per heavy atom. The van der Waals surface area contributed by atoms with Gasteiger partial charge in [0.1, 0.15) is 23.6 Å². The summed E-state index contributed by atoms with van der Waals surface area (Å²) in [6.45, 7) is 4.26. The normalized spacial score (nSPS) is 29.1. The Hall–Kier alpha value is -1.60. The molecule has 2 fully saturated rings. The molecule has 2 saturated heterocycles. The first-order valence-corrected chi connectivity index (χ1v) is 8.79. The molecule has 144 valence electrons. The Kier molecular flexibility index (Phi) is 4.82. The Morgan fingerprint density at radius 2 is 1.81 bits per heavy atom. The van der Waals surface area contributed by atoms with Crippen LogP contribution in [0.3, 0.4) is 0 Å². The lowest BCUT2D eigenvalue weighted by molar-refractivity contribution is -0.216. The van der Waals surface area contributed by atoms with E-state index in [0.717, 1.165) is 25.3 Å². The van der Waals surface area contributed by atoms with Gasteiger partial charge in [0.05, 0.1) is 0 Å². The second-order valence-corrected chi connectivity index (χ2v) is 7.67. The fourth-order valence-electron chi connectivity index (χ4n) is 3.78. The van der Waals surface area contributed by atoms with Gasteiger partial charge < -0.3 is 14.8 Å². The van der Waals surface area contributed by atoms with E-state index < -0.39 is 35.4 Å². The Balaban J connectivity index is 2.10. The Labute approximate surface area is 151 Å². The molecule has 1 N–H and O–H groups in total. The number of ether oxygens (including phenoxy) is 2. The van der Waals surface area contributed by atoms with Crippen LogP contribution >= 0.6 is 0 Å². The Bertz CT molecular complexity index is 701. The molecule has 0 saturated carbocycles. The molecule has 4 nitrogen and oxygen atoms in total. The molecule has 2 aliphatic heterocycles. The van der Waals surface area contributed by atoms with Crippen molar-refractivity contribution in [1.29, 1.82) is 0 Å². The van der Waals surface area contributed by atoms with Gasteiger partial charge in [-0.2, -0.15) is 0 Å². The highest BCUT2D eigenvalue weighted by Crippen LogP contribution is 2.48. The number of carbonyl (C=O) groups is 1. The maximum absolute atomic E-state index is 15.4. The second kappa shape index (κ2) is 6.53. The lowest BCUT2D eigenvalue weighted by Gasteiger charge is -2.43. The molecule has 1 amide bonds. The van der Waals surface area contributed by atoms with Crippen molar-refractivity contribution in [1.82, 2.24) is 5.32 Å². The molecular formula is C19H24F3NO3. The van der Waals surface area contributed by atoms with Crippen LogP contribution in [0.25, 0.3) is 0 Å². The van der Waals surface area contributed by atoms with Crippen LogP contribution < -0.4 is 5.32 Å². The average Bonchev–Trinajstić information content (AvgIpc) is 2.66. The minimum atomic E-state index is -3.54. The average molecular weight is 371 g/mol. The molecule has 0 unspecified atom stereocenters. The van der Waals surface area contributed by atoms with E-state index in [1.54, 1.807) is 6.07 Å². The number of hydrogen-bond acceptors (Lipinski definition) is 3. The van der Waals surface area contributed by atoms with E-state index in [4.69, 9.17) is 9.47 Å². The third-order valence-electron chi connectivity index (χ3n) is 5.56.